The molecule has 1 fully saturated rings. The molecule has 2 heterocycles. The van der Waals surface area contributed by atoms with E-state index >= 15 is 0 Å². The predicted molar refractivity (Wildman–Crippen MR) is 142 cm³/mol. The molecule has 8 heteroatoms. The molecular weight excluding hydrogens is 515 g/mol. The Morgan fingerprint density at radius 3 is 2.44 bits per heavy atom. The molecule has 1 unspecified atom stereocenters. The van der Waals surface area contributed by atoms with Crippen LogP contribution in [0, 0.1) is 13.8 Å². The second-order valence-corrected chi connectivity index (χ2v) is 8.27. The van der Waals surface area contributed by atoms with Gasteiger partial charge in [-0.2, -0.15) is 5.10 Å². The van der Waals surface area contributed by atoms with Crippen molar-refractivity contribution < 1.29 is 4.74 Å². The second-order valence-electron chi connectivity index (χ2n) is 8.27. The lowest BCUT2D eigenvalue weighted by molar-refractivity contribution is 0.164. The van der Waals surface area contributed by atoms with Gasteiger partial charge in [0.05, 0.1) is 18.8 Å². The molecule has 2 N–H and O–H groups in total. The molecule has 0 bridgehead atoms. The molecule has 1 aliphatic rings. The van der Waals surface area contributed by atoms with E-state index < -0.39 is 0 Å². The molecule has 2 aromatic rings. The van der Waals surface area contributed by atoms with Crippen LogP contribution in [0.5, 0.6) is 5.75 Å². The van der Waals surface area contributed by atoms with Crippen molar-refractivity contribution in [3.63, 3.8) is 0 Å². The van der Waals surface area contributed by atoms with Crippen molar-refractivity contribution in [2.24, 2.45) is 4.99 Å². The lowest BCUT2D eigenvalue weighted by Crippen LogP contribution is -2.44. The van der Waals surface area contributed by atoms with Gasteiger partial charge in [0.1, 0.15) is 5.75 Å². The van der Waals surface area contributed by atoms with Crippen molar-refractivity contribution in [2.45, 2.75) is 52.1 Å². The Labute approximate surface area is 210 Å². The third-order valence-electron chi connectivity index (χ3n) is 5.96. The van der Waals surface area contributed by atoms with E-state index in [-0.39, 0.29) is 24.0 Å². The van der Waals surface area contributed by atoms with Crippen LogP contribution < -0.4 is 15.4 Å². The highest BCUT2D eigenvalue weighted by Crippen LogP contribution is 2.25. The Bertz CT molecular complexity index is 830. The molecule has 0 amide bonds. The van der Waals surface area contributed by atoms with E-state index in [2.05, 4.69) is 67.6 Å². The van der Waals surface area contributed by atoms with E-state index in [1.165, 1.54) is 30.5 Å². The molecule has 0 radical (unpaired) electrons. The van der Waals surface area contributed by atoms with E-state index in [4.69, 9.17) is 4.74 Å². The molecule has 0 saturated carbocycles. The standard InChI is InChI=1S/C24H38N6O.HI/c1-19-17-20(2)30(28-19)16-8-13-26-24(25-3)27-18-23(29-14-6-5-7-15-29)21-9-11-22(31-4)12-10-21;/h9-12,17,23H,5-8,13-16,18H2,1-4H3,(H2,25,26,27);1H. The molecule has 1 aliphatic heterocycles. The second kappa shape index (κ2) is 13.7. The number of hydrogen-bond acceptors (Lipinski definition) is 4. The number of hydrogen-bond donors (Lipinski definition) is 2. The van der Waals surface area contributed by atoms with E-state index in [0.717, 1.165) is 56.5 Å². The molecule has 7 nitrogen and oxygen atoms in total. The number of nitrogens with one attached hydrogen (secondary N) is 2. The number of likely N-dealkylation sites (tertiary alicyclic amines) is 1. The zero-order chi connectivity index (χ0) is 22.1. The summed E-state index contributed by atoms with van der Waals surface area (Å²) in [6.45, 7) is 9.02. The van der Waals surface area contributed by atoms with Crippen LogP contribution in [-0.2, 0) is 6.54 Å². The van der Waals surface area contributed by atoms with Gasteiger partial charge < -0.3 is 15.4 Å². The van der Waals surface area contributed by atoms with Crippen LogP contribution in [-0.4, -0.2) is 61.0 Å². The van der Waals surface area contributed by atoms with Gasteiger partial charge in [0.2, 0.25) is 0 Å². The minimum Gasteiger partial charge on any atom is -0.497 e. The maximum absolute atomic E-state index is 5.34. The molecule has 0 aliphatic carbocycles. The molecule has 3 rings (SSSR count). The van der Waals surface area contributed by atoms with Crippen molar-refractivity contribution >= 4 is 29.9 Å². The molecule has 1 aromatic carbocycles. The molecule has 32 heavy (non-hydrogen) atoms. The summed E-state index contributed by atoms with van der Waals surface area (Å²) in [6.07, 6.45) is 4.87. The third-order valence-corrected chi connectivity index (χ3v) is 5.96. The summed E-state index contributed by atoms with van der Waals surface area (Å²) in [5, 5.41) is 11.5. The van der Waals surface area contributed by atoms with Crippen LogP contribution in [0.15, 0.2) is 35.3 Å². The van der Waals surface area contributed by atoms with Crippen molar-refractivity contribution in [3.8, 4) is 5.75 Å². The summed E-state index contributed by atoms with van der Waals surface area (Å²) in [7, 11) is 3.54. The zero-order valence-electron chi connectivity index (χ0n) is 19.9. The number of halogens is 1. The minimum atomic E-state index is 0. The van der Waals surface area contributed by atoms with E-state index in [9.17, 15) is 0 Å². The van der Waals surface area contributed by atoms with E-state index in [1.807, 2.05) is 14.0 Å². The van der Waals surface area contributed by atoms with Crippen LogP contribution in [0.4, 0.5) is 0 Å². The average molecular weight is 555 g/mol. The van der Waals surface area contributed by atoms with Crippen LogP contribution in [0.3, 0.4) is 0 Å². The summed E-state index contributed by atoms with van der Waals surface area (Å²) in [5.74, 6) is 1.75. The van der Waals surface area contributed by atoms with Crippen LogP contribution in [0.25, 0.3) is 0 Å². The van der Waals surface area contributed by atoms with Crippen LogP contribution >= 0.6 is 24.0 Å². The Morgan fingerprint density at radius 2 is 1.84 bits per heavy atom. The number of nitrogens with zero attached hydrogens (tertiary/aromatic N) is 4. The van der Waals surface area contributed by atoms with Crippen LogP contribution in [0.2, 0.25) is 0 Å². The van der Waals surface area contributed by atoms with Gasteiger partial charge in [-0.3, -0.25) is 14.6 Å². The maximum Gasteiger partial charge on any atom is 0.191 e. The fraction of sp³-hybridized carbons (Fsp3) is 0.583. The number of methoxy groups -OCH3 is 1. The first-order chi connectivity index (χ1) is 15.1. The highest BCUT2D eigenvalue weighted by Gasteiger charge is 2.22. The quantitative estimate of drug-likeness (QED) is 0.213. The Morgan fingerprint density at radius 1 is 1.12 bits per heavy atom. The molecule has 1 aromatic heterocycles. The Kier molecular flexibility index (Phi) is 11.3. The number of aryl methyl sites for hydroxylation is 3. The number of benzene rings is 1. The molecule has 1 atom stereocenters. The van der Waals surface area contributed by atoms with Crippen molar-refractivity contribution in [1.82, 2.24) is 25.3 Å². The van der Waals surface area contributed by atoms with E-state index in [0.29, 0.717) is 6.04 Å². The normalized spacial score (nSPS) is 15.7. The van der Waals surface area contributed by atoms with Gasteiger partial charge in [-0.1, -0.05) is 18.6 Å². The highest BCUT2D eigenvalue weighted by atomic mass is 127. The van der Waals surface area contributed by atoms with Gasteiger partial charge >= 0.3 is 0 Å². The zero-order valence-corrected chi connectivity index (χ0v) is 22.3. The Balaban J connectivity index is 0.00000363. The van der Waals surface area contributed by atoms with Gasteiger partial charge in [0.25, 0.3) is 0 Å². The minimum absolute atomic E-state index is 0. The predicted octanol–water partition coefficient (Wildman–Crippen LogP) is 3.91. The van der Waals surface area contributed by atoms with Crippen molar-refractivity contribution in [2.75, 3.05) is 40.3 Å². The summed E-state index contributed by atoms with van der Waals surface area (Å²) >= 11 is 0. The van der Waals surface area contributed by atoms with Gasteiger partial charge in [0.15, 0.2) is 5.96 Å². The molecular formula is C24H39IN6O. The van der Waals surface area contributed by atoms with Gasteiger partial charge in [-0.25, -0.2) is 0 Å². The smallest absolute Gasteiger partial charge is 0.191 e. The van der Waals surface area contributed by atoms with Crippen molar-refractivity contribution in [1.29, 1.82) is 0 Å². The fourth-order valence-electron chi connectivity index (χ4n) is 4.26. The van der Waals surface area contributed by atoms with Crippen LogP contribution in [0.1, 0.15) is 48.7 Å². The van der Waals surface area contributed by atoms with Gasteiger partial charge in [0, 0.05) is 32.4 Å². The summed E-state index contributed by atoms with van der Waals surface area (Å²) in [6, 6.07) is 10.9. The lowest BCUT2D eigenvalue weighted by atomic mass is 10.0. The first-order valence-electron chi connectivity index (χ1n) is 11.4. The molecule has 1 saturated heterocycles. The first-order valence-corrected chi connectivity index (χ1v) is 11.4. The summed E-state index contributed by atoms with van der Waals surface area (Å²) in [4.78, 5) is 7.02. The summed E-state index contributed by atoms with van der Waals surface area (Å²) in [5.41, 5.74) is 3.60. The Hall–Kier alpha value is -1.81. The average Bonchev–Trinajstić information content (AvgIpc) is 3.13. The topological polar surface area (TPSA) is 66.7 Å². The third kappa shape index (κ3) is 7.65. The number of rotatable bonds is 9. The maximum atomic E-state index is 5.34. The first kappa shape index (κ1) is 26.4. The van der Waals surface area contributed by atoms with Gasteiger partial charge in [-0.05, 0) is 70.0 Å². The SMILES string of the molecule is CN=C(NCCCn1nc(C)cc1C)NCC(c1ccc(OC)cc1)N1CCCCC1.I. The number of aliphatic imine (C=N–C) groups is 1. The number of aromatic nitrogens is 2. The largest absolute Gasteiger partial charge is 0.497 e. The molecule has 0 spiro atoms. The van der Waals surface area contributed by atoms with E-state index in [1.54, 1.807) is 7.11 Å². The number of guanidine groups is 1. The fourth-order valence-corrected chi connectivity index (χ4v) is 4.26. The molecule has 178 valence electrons. The van der Waals surface area contributed by atoms with Gasteiger partial charge in [-0.15, -0.1) is 24.0 Å². The highest BCUT2D eigenvalue weighted by molar-refractivity contribution is 14.0. The number of piperidine rings is 1. The summed E-state index contributed by atoms with van der Waals surface area (Å²) < 4.78 is 7.41. The lowest BCUT2D eigenvalue weighted by Gasteiger charge is -2.35. The number of ether oxygens (including phenoxy) is 1. The van der Waals surface area contributed by atoms with Crippen molar-refractivity contribution in [3.05, 3.63) is 47.3 Å². The monoisotopic (exact) mass is 554 g/mol.